The van der Waals surface area contributed by atoms with Crippen molar-refractivity contribution in [3.63, 3.8) is 0 Å². The summed E-state index contributed by atoms with van der Waals surface area (Å²) < 4.78 is 17.0. The Kier molecular flexibility index (Phi) is 5.18. The van der Waals surface area contributed by atoms with Gasteiger partial charge >= 0.3 is 6.09 Å². The summed E-state index contributed by atoms with van der Waals surface area (Å²) in [5.41, 5.74) is 0.436. The van der Waals surface area contributed by atoms with Crippen molar-refractivity contribution in [2.75, 3.05) is 13.7 Å². The Balaban J connectivity index is 1.88. The number of ether oxygens (including phenoxy) is 3. The van der Waals surface area contributed by atoms with Crippen LogP contribution in [-0.2, 0) is 10.2 Å². The maximum absolute atomic E-state index is 12.0. The molecule has 0 saturated heterocycles. The predicted molar refractivity (Wildman–Crippen MR) is 102 cm³/mol. The largest absolute Gasteiger partial charge is 0.493 e. The van der Waals surface area contributed by atoms with Gasteiger partial charge in [0.15, 0.2) is 17.8 Å². The molecule has 146 valence electrons. The number of hydrogen-bond donors (Lipinski definition) is 1. The zero-order valence-electron chi connectivity index (χ0n) is 16.3. The standard InChI is InChI=1S/C21H27NO5/c1-20(2,3)27-19(24)22-12-11-21-10-6-5-7-16(21)26-18-15(25-4)9-8-14(13-23)17(18)21/h6,8-10,13,16H,5,7,11-12H2,1-4H3,(H,22,24)/t16-,21-/m0/s1. The Morgan fingerprint density at radius 2 is 2.19 bits per heavy atom. The number of methoxy groups -OCH3 is 1. The van der Waals surface area contributed by atoms with Gasteiger partial charge in [-0.1, -0.05) is 12.2 Å². The molecule has 6 nitrogen and oxygen atoms in total. The van der Waals surface area contributed by atoms with Gasteiger partial charge in [0.2, 0.25) is 0 Å². The van der Waals surface area contributed by atoms with Gasteiger partial charge in [0, 0.05) is 17.7 Å². The highest BCUT2D eigenvalue weighted by atomic mass is 16.6. The normalized spacial score (nSPS) is 23.0. The molecule has 6 heteroatoms. The van der Waals surface area contributed by atoms with E-state index in [9.17, 15) is 9.59 Å². The molecule has 1 aromatic rings. The SMILES string of the molecule is COc1ccc(C=O)c2c1O[C@H]1CCC=C[C@@]21CCNC(=O)OC(C)(C)C. The lowest BCUT2D eigenvalue weighted by molar-refractivity contribution is 0.0519. The van der Waals surface area contributed by atoms with Crippen LogP contribution in [0.3, 0.4) is 0 Å². The molecule has 0 spiro atoms. The average molecular weight is 373 g/mol. The van der Waals surface area contributed by atoms with Gasteiger partial charge < -0.3 is 19.5 Å². The topological polar surface area (TPSA) is 73.9 Å². The molecule has 1 aliphatic carbocycles. The van der Waals surface area contributed by atoms with Crippen molar-refractivity contribution in [1.29, 1.82) is 0 Å². The third-order valence-corrected chi connectivity index (χ3v) is 5.02. The Bertz CT molecular complexity index is 765. The highest BCUT2D eigenvalue weighted by Gasteiger charge is 2.50. The predicted octanol–water partition coefficient (Wildman–Crippen LogP) is 3.77. The van der Waals surface area contributed by atoms with Crippen molar-refractivity contribution in [3.05, 3.63) is 35.4 Å². The Morgan fingerprint density at radius 1 is 1.41 bits per heavy atom. The third kappa shape index (κ3) is 3.66. The first-order valence-electron chi connectivity index (χ1n) is 9.28. The summed E-state index contributed by atoms with van der Waals surface area (Å²) in [6.07, 6.45) is 6.93. The number of alkyl carbamates (subject to hydrolysis) is 1. The first kappa shape index (κ1) is 19.3. The number of nitrogens with one attached hydrogen (secondary N) is 1. The number of carbonyl (C=O) groups is 2. The van der Waals surface area contributed by atoms with E-state index in [0.29, 0.717) is 30.0 Å². The highest BCUT2D eigenvalue weighted by Crippen LogP contribution is 2.54. The molecule has 2 atom stereocenters. The zero-order valence-corrected chi connectivity index (χ0v) is 16.3. The molecule has 1 amide bonds. The third-order valence-electron chi connectivity index (χ3n) is 5.02. The molecule has 0 aromatic heterocycles. The van der Waals surface area contributed by atoms with Gasteiger partial charge in [-0.05, 0) is 52.2 Å². The lowest BCUT2D eigenvalue weighted by Gasteiger charge is -2.35. The smallest absolute Gasteiger partial charge is 0.407 e. The highest BCUT2D eigenvalue weighted by molar-refractivity contribution is 5.82. The molecule has 0 radical (unpaired) electrons. The molecule has 0 fully saturated rings. The molecule has 1 N–H and O–H groups in total. The molecule has 0 saturated carbocycles. The summed E-state index contributed by atoms with van der Waals surface area (Å²) in [5, 5.41) is 2.82. The molecule has 3 rings (SSSR count). The van der Waals surface area contributed by atoms with Crippen molar-refractivity contribution in [1.82, 2.24) is 5.32 Å². The van der Waals surface area contributed by atoms with Crippen LogP contribution in [0.1, 0.15) is 56.0 Å². The second-order valence-corrected chi connectivity index (χ2v) is 7.98. The zero-order chi connectivity index (χ0) is 19.7. The van der Waals surface area contributed by atoms with Crippen molar-refractivity contribution in [2.24, 2.45) is 0 Å². The second-order valence-electron chi connectivity index (χ2n) is 7.98. The number of aldehydes is 1. The first-order chi connectivity index (χ1) is 12.8. The number of carbonyl (C=O) groups excluding carboxylic acids is 2. The van der Waals surface area contributed by atoms with Crippen LogP contribution in [0.15, 0.2) is 24.3 Å². The van der Waals surface area contributed by atoms with E-state index >= 15 is 0 Å². The fraction of sp³-hybridized carbons (Fsp3) is 0.524. The van der Waals surface area contributed by atoms with E-state index in [1.54, 1.807) is 19.2 Å². The monoisotopic (exact) mass is 373 g/mol. The van der Waals surface area contributed by atoms with Crippen molar-refractivity contribution in [3.8, 4) is 11.5 Å². The number of benzene rings is 1. The molecule has 1 heterocycles. The van der Waals surface area contributed by atoms with Crippen molar-refractivity contribution < 1.29 is 23.8 Å². The summed E-state index contributed by atoms with van der Waals surface area (Å²) in [6.45, 7) is 5.90. The Morgan fingerprint density at radius 3 is 2.85 bits per heavy atom. The summed E-state index contributed by atoms with van der Waals surface area (Å²) in [4.78, 5) is 23.7. The summed E-state index contributed by atoms with van der Waals surface area (Å²) in [5.74, 6) is 1.26. The molecule has 27 heavy (non-hydrogen) atoms. The van der Waals surface area contributed by atoms with Crippen LogP contribution in [0.5, 0.6) is 11.5 Å². The number of hydrogen-bond acceptors (Lipinski definition) is 5. The van der Waals surface area contributed by atoms with Gasteiger partial charge in [-0.15, -0.1) is 0 Å². The van der Waals surface area contributed by atoms with Crippen LogP contribution in [0, 0.1) is 0 Å². The van der Waals surface area contributed by atoms with Gasteiger partial charge in [0.1, 0.15) is 11.7 Å². The molecule has 1 aromatic carbocycles. The molecule has 0 unspecified atom stereocenters. The summed E-state index contributed by atoms with van der Waals surface area (Å²) in [6, 6.07) is 3.53. The molecular formula is C21H27NO5. The van der Waals surface area contributed by atoms with Crippen LogP contribution in [0.4, 0.5) is 4.79 Å². The average Bonchev–Trinajstić information content (AvgIpc) is 2.95. The van der Waals surface area contributed by atoms with Crippen LogP contribution >= 0.6 is 0 Å². The lowest BCUT2D eigenvalue weighted by atomic mass is 9.69. The van der Waals surface area contributed by atoms with Gasteiger partial charge in [0.05, 0.1) is 12.5 Å². The number of amides is 1. The van der Waals surface area contributed by atoms with E-state index < -0.39 is 17.1 Å². The summed E-state index contributed by atoms with van der Waals surface area (Å²) in [7, 11) is 1.59. The Hall–Kier alpha value is -2.50. The quantitative estimate of drug-likeness (QED) is 0.628. The first-order valence-corrected chi connectivity index (χ1v) is 9.28. The lowest BCUT2D eigenvalue weighted by Crippen LogP contribution is -2.42. The summed E-state index contributed by atoms with van der Waals surface area (Å²) >= 11 is 0. The van der Waals surface area contributed by atoms with Gasteiger partial charge in [-0.25, -0.2) is 4.79 Å². The van der Waals surface area contributed by atoms with Crippen LogP contribution in [-0.4, -0.2) is 37.7 Å². The van der Waals surface area contributed by atoms with Gasteiger partial charge in [-0.3, -0.25) is 4.79 Å². The maximum Gasteiger partial charge on any atom is 0.407 e. The van der Waals surface area contributed by atoms with Gasteiger partial charge in [-0.2, -0.15) is 0 Å². The van der Waals surface area contributed by atoms with E-state index in [1.165, 1.54) is 0 Å². The van der Waals surface area contributed by atoms with E-state index in [4.69, 9.17) is 14.2 Å². The second kappa shape index (κ2) is 7.25. The molecule has 2 aliphatic rings. The van der Waals surface area contributed by atoms with Crippen LogP contribution in [0.2, 0.25) is 0 Å². The van der Waals surface area contributed by atoms with Crippen molar-refractivity contribution in [2.45, 2.75) is 57.2 Å². The van der Waals surface area contributed by atoms with Gasteiger partial charge in [0.25, 0.3) is 0 Å². The van der Waals surface area contributed by atoms with E-state index in [2.05, 4.69) is 17.5 Å². The van der Waals surface area contributed by atoms with E-state index in [-0.39, 0.29) is 6.10 Å². The molecule has 0 bridgehead atoms. The number of fused-ring (bicyclic) bond motifs is 3. The fourth-order valence-electron chi connectivity index (χ4n) is 3.95. The minimum Gasteiger partial charge on any atom is -0.493 e. The van der Waals surface area contributed by atoms with Crippen molar-refractivity contribution >= 4 is 12.4 Å². The van der Waals surface area contributed by atoms with E-state index in [0.717, 1.165) is 24.7 Å². The van der Waals surface area contributed by atoms with Crippen LogP contribution < -0.4 is 14.8 Å². The minimum absolute atomic E-state index is 0.0899. The maximum atomic E-state index is 12.0. The fourth-order valence-corrected chi connectivity index (χ4v) is 3.95. The number of allylic oxidation sites excluding steroid dienone is 1. The number of rotatable bonds is 5. The van der Waals surface area contributed by atoms with Crippen LogP contribution in [0.25, 0.3) is 0 Å². The minimum atomic E-state index is -0.545. The Labute approximate surface area is 159 Å². The molecular weight excluding hydrogens is 346 g/mol. The van der Waals surface area contributed by atoms with E-state index in [1.807, 2.05) is 20.8 Å². The molecule has 1 aliphatic heterocycles.